The molecular formula is C24H33BrClN5O. The van der Waals surface area contributed by atoms with Gasteiger partial charge < -0.3 is 10.2 Å². The van der Waals surface area contributed by atoms with E-state index in [0.717, 1.165) is 54.6 Å². The van der Waals surface area contributed by atoms with Crippen LogP contribution in [-0.2, 0) is 6.54 Å². The Morgan fingerprint density at radius 3 is 2.56 bits per heavy atom. The van der Waals surface area contributed by atoms with E-state index < -0.39 is 0 Å². The van der Waals surface area contributed by atoms with Crippen LogP contribution in [0, 0.1) is 0 Å². The highest BCUT2D eigenvalue weighted by Gasteiger charge is 2.32. The molecule has 2 fully saturated rings. The van der Waals surface area contributed by atoms with Crippen molar-refractivity contribution in [3.8, 4) is 0 Å². The number of carbonyl (C=O) groups is 1. The average molecular weight is 523 g/mol. The second-order valence-electron chi connectivity index (χ2n) is 8.78. The van der Waals surface area contributed by atoms with E-state index in [4.69, 9.17) is 11.6 Å². The first-order chi connectivity index (χ1) is 15.4. The molecule has 0 aliphatic carbocycles. The first-order valence-electron chi connectivity index (χ1n) is 11.3. The number of aromatic nitrogens is 1. The van der Waals surface area contributed by atoms with Crippen LogP contribution in [0.25, 0.3) is 0 Å². The number of nitrogens with zero attached hydrogens (tertiary/aromatic N) is 4. The van der Waals surface area contributed by atoms with E-state index in [9.17, 15) is 4.79 Å². The van der Waals surface area contributed by atoms with E-state index in [1.54, 1.807) is 13.2 Å². The topological polar surface area (TPSA) is 51.7 Å². The maximum Gasteiger partial charge on any atom is 0.252 e. The summed E-state index contributed by atoms with van der Waals surface area (Å²) in [6, 6.07) is 11.2. The number of piperidine rings is 1. The third-order valence-electron chi connectivity index (χ3n) is 6.63. The molecule has 1 aromatic carbocycles. The molecule has 0 unspecified atom stereocenters. The quantitative estimate of drug-likeness (QED) is 0.635. The van der Waals surface area contributed by atoms with Crippen molar-refractivity contribution in [3.63, 3.8) is 0 Å². The number of pyridine rings is 1. The van der Waals surface area contributed by atoms with Crippen LogP contribution < -0.4 is 10.2 Å². The number of piperazine rings is 1. The Morgan fingerprint density at radius 2 is 1.94 bits per heavy atom. The normalized spacial score (nSPS) is 21.0. The van der Waals surface area contributed by atoms with Gasteiger partial charge in [-0.3, -0.25) is 14.6 Å². The van der Waals surface area contributed by atoms with Crippen LogP contribution in [0.4, 0.5) is 5.82 Å². The van der Waals surface area contributed by atoms with Gasteiger partial charge in [-0.1, -0.05) is 23.7 Å². The summed E-state index contributed by atoms with van der Waals surface area (Å²) < 4.78 is 0.870. The predicted molar refractivity (Wildman–Crippen MR) is 136 cm³/mol. The van der Waals surface area contributed by atoms with Gasteiger partial charge in [-0.15, -0.1) is 0 Å². The van der Waals surface area contributed by atoms with Crippen molar-refractivity contribution in [3.05, 3.63) is 57.2 Å². The molecule has 1 atom stereocenters. The summed E-state index contributed by atoms with van der Waals surface area (Å²) in [5.74, 6) is 0.798. The molecule has 1 aromatic heterocycles. The second kappa shape index (κ2) is 10.5. The smallest absolute Gasteiger partial charge is 0.252 e. The number of hydrogen-bond acceptors (Lipinski definition) is 5. The molecular weight excluding hydrogens is 490 g/mol. The van der Waals surface area contributed by atoms with E-state index in [1.807, 2.05) is 18.2 Å². The number of halogens is 2. The molecule has 4 rings (SSSR count). The number of hydrogen-bond donors (Lipinski definition) is 1. The molecule has 2 aliphatic heterocycles. The number of benzene rings is 1. The Labute approximate surface area is 205 Å². The zero-order chi connectivity index (χ0) is 22.7. The largest absolute Gasteiger partial charge is 0.355 e. The van der Waals surface area contributed by atoms with Crippen LogP contribution in [0.15, 0.2) is 41.0 Å². The van der Waals surface area contributed by atoms with Crippen molar-refractivity contribution in [2.24, 2.45) is 0 Å². The van der Waals surface area contributed by atoms with E-state index >= 15 is 0 Å². The lowest BCUT2D eigenvalue weighted by molar-refractivity contribution is 0.0690. The number of amides is 1. The van der Waals surface area contributed by atoms with Crippen molar-refractivity contribution < 1.29 is 6.22 Å². The molecule has 8 heteroatoms. The molecule has 6 nitrogen and oxygen atoms in total. The molecule has 32 heavy (non-hydrogen) atoms. The average Bonchev–Trinajstić information content (AvgIpc) is 2.80. The number of likely N-dealkylation sites (tertiary alicyclic amines) is 1. The lowest BCUT2D eigenvalue weighted by Gasteiger charge is -2.47. The molecule has 0 saturated carbocycles. The molecule has 0 spiro atoms. The number of rotatable bonds is 5. The maximum atomic E-state index is 11.9. The fraction of sp³-hybridized carbons (Fsp3) is 0.500. The summed E-state index contributed by atoms with van der Waals surface area (Å²) in [5.41, 5.74) is 1.90. The molecule has 2 saturated heterocycles. The van der Waals surface area contributed by atoms with Crippen LogP contribution in [-0.4, -0.2) is 72.5 Å². The van der Waals surface area contributed by atoms with Crippen molar-refractivity contribution in [1.82, 2.24) is 20.1 Å². The Kier molecular flexibility index (Phi) is 7.71. The zero-order valence-corrected chi connectivity index (χ0v) is 21.1. The standard InChI is InChI=1S/C24H31BrClN5O.H2/c1-17-15-30(23-22(25)13-19(14-28-23)24(32)27-2)11-12-31(17)21-7-9-29(10-8-21)16-18-3-5-20(26)6-4-18;/h3-6,13-14,17,21H,7-12,15-16H2,1-2H3,(H,27,32);1H/t17-;/m0./s1. The minimum Gasteiger partial charge on any atom is -0.355 e. The van der Waals surface area contributed by atoms with Gasteiger partial charge in [0.25, 0.3) is 5.91 Å². The summed E-state index contributed by atoms with van der Waals surface area (Å²) in [5, 5.41) is 3.44. The third-order valence-corrected chi connectivity index (χ3v) is 7.47. The number of anilines is 1. The molecule has 0 radical (unpaired) electrons. The fourth-order valence-electron chi connectivity index (χ4n) is 4.90. The lowest BCUT2D eigenvalue weighted by atomic mass is 9.99. The van der Waals surface area contributed by atoms with E-state index in [1.165, 1.54) is 18.4 Å². The zero-order valence-electron chi connectivity index (χ0n) is 18.7. The second-order valence-corrected chi connectivity index (χ2v) is 10.1. The SMILES string of the molecule is CNC(=O)c1cnc(N2CCN(C3CCN(Cc4ccc(Cl)cc4)CC3)[C@@H](C)C2)c(Br)c1.[HH]. The predicted octanol–water partition coefficient (Wildman–Crippen LogP) is 4.28. The summed E-state index contributed by atoms with van der Waals surface area (Å²) in [7, 11) is 1.63. The van der Waals surface area contributed by atoms with Crippen molar-refractivity contribution in [1.29, 1.82) is 0 Å². The summed E-state index contributed by atoms with van der Waals surface area (Å²) in [4.78, 5) is 24.0. The first kappa shape index (κ1) is 23.5. The van der Waals surface area contributed by atoms with Crippen molar-refractivity contribution in [2.45, 2.75) is 38.4 Å². The van der Waals surface area contributed by atoms with Gasteiger partial charge in [-0.25, -0.2) is 4.98 Å². The van der Waals surface area contributed by atoms with Gasteiger partial charge in [-0.05, 0) is 72.5 Å². The van der Waals surface area contributed by atoms with Crippen molar-refractivity contribution in [2.75, 3.05) is 44.7 Å². The van der Waals surface area contributed by atoms with Crippen LogP contribution >= 0.6 is 27.5 Å². The van der Waals surface area contributed by atoms with E-state index in [2.05, 4.69) is 60.0 Å². The minimum absolute atomic E-state index is 0. The van der Waals surface area contributed by atoms with Crippen LogP contribution in [0.3, 0.4) is 0 Å². The van der Waals surface area contributed by atoms with Gasteiger partial charge in [0.1, 0.15) is 5.82 Å². The Morgan fingerprint density at radius 1 is 1.22 bits per heavy atom. The molecule has 3 heterocycles. The van der Waals surface area contributed by atoms with Gasteiger partial charge in [0.2, 0.25) is 0 Å². The summed E-state index contributed by atoms with van der Waals surface area (Å²) >= 11 is 9.63. The highest BCUT2D eigenvalue weighted by atomic mass is 79.9. The molecule has 174 valence electrons. The molecule has 1 N–H and O–H groups in total. The van der Waals surface area contributed by atoms with Crippen LogP contribution in [0.1, 0.15) is 37.1 Å². The van der Waals surface area contributed by atoms with Gasteiger partial charge >= 0.3 is 0 Å². The fourth-order valence-corrected chi connectivity index (χ4v) is 5.62. The van der Waals surface area contributed by atoms with Gasteiger partial charge in [-0.2, -0.15) is 0 Å². The summed E-state index contributed by atoms with van der Waals surface area (Å²) in [6.45, 7) is 8.51. The lowest BCUT2D eigenvalue weighted by Crippen LogP contribution is -2.57. The Balaban J connectivity index is 0.00000306. The molecule has 1 amide bonds. The van der Waals surface area contributed by atoms with E-state index in [0.29, 0.717) is 17.6 Å². The monoisotopic (exact) mass is 521 g/mol. The van der Waals surface area contributed by atoms with Gasteiger partial charge in [0.15, 0.2) is 0 Å². The highest BCUT2D eigenvalue weighted by Crippen LogP contribution is 2.29. The highest BCUT2D eigenvalue weighted by molar-refractivity contribution is 9.10. The molecule has 2 aliphatic rings. The number of carbonyl (C=O) groups excluding carboxylic acids is 1. The Bertz CT molecular complexity index is 939. The Hall–Kier alpha value is -1.67. The maximum absolute atomic E-state index is 11.9. The molecule has 2 aromatic rings. The third kappa shape index (κ3) is 5.45. The van der Waals surface area contributed by atoms with E-state index in [-0.39, 0.29) is 7.33 Å². The van der Waals surface area contributed by atoms with Gasteiger partial charge in [0.05, 0.1) is 10.0 Å². The molecule has 0 bridgehead atoms. The minimum atomic E-state index is -0.120. The van der Waals surface area contributed by atoms with Gasteiger partial charge in [0, 0.05) is 58.0 Å². The summed E-state index contributed by atoms with van der Waals surface area (Å²) in [6.07, 6.45) is 4.08. The van der Waals surface area contributed by atoms with Crippen LogP contribution in [0.2, 0.25) is 5.02 Å². The number of nitrogens with one attached hydrogen (secondary N) is 1. The van der Waals surface area contributed by atoms with Crippen LogP contribution in [0.5, 0.6) is 0 Å². The van der Waals surface area contributed by atoms with Crippen molar-refractivity contribution >= 4 is 39.3 Å². The first-order valence-corrected chi connectivity index (χ1v) is 12.5.